The van der Waals surface area contributed by atoms with Crippen LogP contribution >= 0.6 is 12.2 Å². The first-order valence-electron chi connectivity index (χ1n) is 11.4. The number of fused-ring (bicyclic) bond motifs is 1. The number of halogens is 2. The van der Waals surface area contributed by atoms with Crippen molar-refractivity contribution < 1.29 is 8.78 Å². The number of benzene rings is 3. The molecule has 0 saturated carbocycles. The molecule has 0 N–H and O–H groups in total. The highest BCUT2D eigenvalue weighted by Crippen LogP contribution is 2.30. The minimum absolute atomic E-state index is 0.218. The second-order valence-corrected chi connectivity index (χ2v) is 8.65. The Labute approximate surface area is 205 Å². The SMILES string of the molecule is CCCCC1Cc2ccc(C#Cc3ccc(C#Cc4cc(F)c(N=C=S)c(F)c4)cc3)cc2C1. The summed E-state index contributed by atoms with van der Waals surface area (Å²) in [6.45, 7) is 2.25. The van der Waals surface area contributed by atoms with Crippen molar-refractivity contribution in [2.75, 3.05) is 0 Å². The number of hydrogen-bond acceptors (Lipinski definition) is 2. The van der Waals surface area contributed by atoms with Gasteiger partial charge in [-0.25, -0.2) is 8.78 Å². The van der Waals surface area contributed by atoms with E-state index < -0.39 is 17.3 Å². The zero-order chi connectivity index (χ0) is 23.9. The molecular formula is C30H23F2NS. The molecule has 168 valence electrons. The fourth-order valence-corrected chi connectivity index (χ4v) is 4.29. The third kappa shape index (κ3) is 5.86. The van der Waals surface area contributed by atoms with Crippen molar-refractivity contribution in [3.63, 3.8) is 0 Å². The van der Waals surface area contributed by atoms with E-state index in [1.54, 1.807) is 0 Å². The Morgan fingerprint density at radius 1 is 0.794 bits per heavy atom. The van der Waals surface area contributed by atoms with E-state index in [-0.39, 0.29) is 5.56 Å². The maximum absolute atomic E-state index is 13.9. The molecule has 0 aliphatic heterocycles. The van der Waals surface area contributed by atoms with Crippen molar-refractivity contribution in [3.05, 3.63) is 99.6 Å². The number of hydrogen-bond donors (Lipinski definition) is 0. The highest BCUT2D eigenvalue weighted by molar-refractivity contribution is 7.78. The van der Waals surface area contributed by atoms with Gasteiger partial charge < -0.3 is 0 Å². The fraction of sp³-hybridized carbons (Fsp3) is 0.233. The highest BCUT2D eigenvalue weighted by Gasteiger charge is 2.20. The zero-order valence-electron chi connectivity index (χ0n) is 18.9. The monoisotopic (exact) mass is 467 g/mol. The van der Waals surface area contributed by atoms with Crippen LogP contribution < -0.4 is 0 Å². The Kier molecular flexibility index (Phi) is 7.66. The second-order valence-electron chi connectivity index (χ2n) is 8.47. The molecule has 0 aromatic heterocycles. The maximum atomic E-state index is 13.9. The predicted molar refractivity (Wildman–Crippen MR) is 136 cm³/mol. The van der Waals surface area contributed by atoms with Gasteiger partial charge in [-0.2, -0.15) is 4.99 Å². The van der Waals surface area contributed by atoms with Crippen LogP contribution in [-0.4, -0.2) is 5.16 Å². The average molecular weight is 468 g/mol. The van der Waals surface area contributed by atoms with E-state index in [1.807, 2.05) is 29.4 Å². The molecule has 0 saturated heterocycles. The van der Waals surface area contributed by atoms with E-state index in [4.69, 9.17) is 0 Å². The van der Waals surface area contributed by atoms with Gasteiger partial charge in [-0.05, 0) is 97.1 Å². The molecular weight excluding hydrogens is 444 g/mol. The van der Waals surface area contributed by atoms with Gasteiger partial charge >= 0.3 is 0 Å². The fourth-order valence-electron chi connectivity index (χ4n) is 4.20. The smallest absolute Gasteiger partial charge is 0.153 e. The molecule has 0 radical (unpaired) electrons. The molecule has 1 unspecified atom stereocenters. The van der Waals surface area contributed by atoms with Crippen molar-refractivity contribution in [3.8, 4) is 23.7 Å². The molecule has 4 heteroatoms. The maximum Gasteiger partial charge on any atom is 0.153 e. The summed E-state index contributed by atoms with van der Waals surface area (Å²) in [7, 11) is 0. The van der Waals surface area contributed by atoms with Crippen LogP contribution in [0.15, 0.2) is 59.6 Å². The largest absolute Gasteiger partial charge is 0.204 e. The average Bonchev–Trinajstić information content (AvgIpc) is 3.25. The number of thiocarbonyl (C=S) groups is 1. The molecule has 0 bridgehead atoms. The van der Waals surface area contributed by atoms with Crippen LogP contribution in [0.4, 0.5) is 14.5 Å². The first-order valence-corrected chi connectivity index (χ1v) is 11.8. The van der Waals surface area contributed by atoms with E-state index >= 15 is 0 Å². The topological polar surface area (TPSA) is 12.4 Å². The van der Waals surface area contributed by atoms with E-state index in [0.717, 1.165) is 41.2 Å². The summed E-state index contributed by atoms with van der Waals surface area (Å²) in [6.07, 6.45) is 6.21. The van der Waals surface area contributed by atoms with E-state index in [9.17, 15) is 8.78 Å². The van der Waals surface area contributed by atoms with Gasteiger partial charge in [-0.15, -0.1) is 0 Å². The van der Waals surface area contributed by atoms with Gasteiger partial charge in [-0.1, -0.05) is 49.5 Å². The number of isothiocyanates is 1. The zero-order valence-corrected chi connectivity index (χ0v) is 19.7. The normalized spacial score (nSPS) is 13.7. The quantitative estimate of drug-likeness (QED) is 0.221. The summed E-state index contributed by atoms with van der Waals surface area (Å²) >= 11 is 4.41. The van der Waals surface area contributed by atoms with Gasteiger partial charge in [0.25, 0.3) is 0 Å². The van der Waals surface area contributed by atoms with Crippen molar-refractivity contribution in [2.24, 2.45) is 10.9 Å². The standard InChI is InChI=1S/C30H23F2NS/c1-2-3-4-24-16-26-14-13-23(15-27(26)17-24)11-9-21-5-7-22(8-6-21)10-12-25-18-28(31)30(33-20-34)29(32)19-25/h5-8,13-15,18-19,24H,2-4,16-17H2,1H3. The summed E-state index contributed by atoms with van der Waals surface area (Å²) < 4.78 is 27.9. The van der Waals surface area contributed by atoms with Gasteiger partial charge in [0.15, 0.2) is 11.6 Å². The van der Waals surface area contributed by atoms with Crippen LogP contribution in [0.5, 0.6) is 0 Å². The first kappa shape index (κ1) is 23.6. The van der Waals surface area contributed by atoms with Crippen LogP contribution in [0.3, 0.4) is 0 Å². The number of rotatable bonds is 4. The molecule has 0 amide bonds. The molecule has 1 aliphatic carbocycles. The lowest BCUT2D eigenvalue weighted by atomic mass is 9.99. The second kappa shape index (κ2) is 11.0. The molecule has 4 rings (SSSR count). The third-order valence-corrected chi connectivity index (χ3v) is 6.04. The molecule has 3 aromatic carbocycles. The summed E-state index contributed by atoms with van der Waals surface area (Å²) in [5.41, 5.74) is 5.31. The molecule has 1 aliphatic rings. The van der Waals surface area contributed by atoms with Crippen molar-refractivity contribution in [1.29, 1.82) is 0 Å². The van der Waals surface area contributed by atoms with Crippen LogP contribution in [0.25, 0.3) is 0 Å². The third-order valence-electron chi connectivity index (χ3n) is 5.95. The lowest BCUT2D eigenvalue weighted by Crippen LogP contribution is -1.98. The summed E-state index contributed by atoms with van der Waals surface area (Å²) in [4.78, 5) is 3.40. The van der Waals surface area contributed by atoms with Crippen molar-refractivity contribution in [1.82, 2.24) is 0 Å². The Bertz CT molecular complexity index is 1350. The van der Waals surface area contributed by atoms with Crippen LogP contribution in [0.2, 0.25) is 0 Å². The lowest BCUT2D eigenvalue weighted by Gasteiger charge is -2.06. The van der Waals surface area contributed by atoms with Crippen LogP contribution in [0, 0.1) is 41.2 Å². The Balaban J connectivity index is 1.44. The van der Waals surface area contributed by atoms with Crippen molar-refractivity contribution >= 4 is 23.1 Å². The Hall–Kier alpha value is -3.56. The Morgan fingerprint density at radius 3 is 1.97 bits per heavy atom. The van der Waals surface area contributed by atoms with E-state index in [1.165, 1.54) is 36.8 Å². The molecule has 34 heavy (non-hydrogen) atoms. The highest BCUT2D eigenvalue weighted by atomic mass is 32.1. The number of unbranched alkanes of at least 4 members (excludes halogenated alkanes) is 1. The molecule has 0 spiro atoms. The van der Waals surface area contributed by atoms with Gasteiger partial charge in [0.05, 0.1) is 5.16 Å². The molecule has 0 heterocycles. The number of nitrogens with zero attached hydrogens (tertiary/aromatic N) is 1. The first-order chi connectivity index (χ1) is 16.6. The minimum atomic E-state index is -0.824. The van der Waals surface area contributed by atoms with Gasteiger partial charge in [0, 0.05) is 22.3 Å². The summed E-state index contributed by atoms with van der Waals surface area (Å²) in [5.74, 6) is 11.3. The van der Waals surface area contributed by atoms with Gasteiger partial charge in [0.2, 0.25) is 0 Å². The summed E-state index contributed by atoms with van der Waals surface area (Å²) in [5, 5.41) is 1.97. The van der Waals surface area contributed by atoms with Gasteiger partial charge in [0.1, 0.15) is 5.69 Å². The molecule has 0 fully saturated rings. The van der Waals surface area contributed by atoms with Crippen LogP contribution in [-0.2, 0) is 12.8 Å². The van der Waals surface area contributed by atoms with E-state index in [0.29, 0.717) is 0 Å². The predicted octanol–water partition coefficient (Wildman–Crippen LogP) is 7.40. The molecule has 3 aromatic rings. The summed E-state index contributed by atoms with van der Waals surface area (Å²) in [6, 6.07) is 16.3. The van der Waals surface area contributed by atoms with Crippen molar-refractivity contribution in [2.45, 2.75) is 39.0 Å². The lowest BCUT2D eigenvalue weighted by molar-refractivity contribution is 0.489. The van der Waals surface area contributed by atoms with Crippen LogP contribution in [0.1, 0.15) is 59.6 Å². The van der Waals surface area contributed by atoms with E-state index in [2.05, 4.69) is 66.0 Å². The number of aliphatic imine (C=N–C) groups is 1. The molecule has 1 atom stereocenters. The van der Waals surface area contributed by atoms with Gasteiger partial charge in [-0.3, -0.25) is 0 Å². The minimum Gasteiger partial charge on any atom is -0.204 e. The Morgan fingerprint density at radius 2 is 1.35 bits per heavy atom. The molecule has 1 nitrogen and oxygen atoms in total.